The average Bonchev–Trinajstić information content (AvgIpc) is 2.86. The molecule has 0 aromatic heterocycles. The topological polar surface area (TPSA) is 59.6 Å². The van der Waals surface area contributed by atoms with Crippen molar-refractivity contribution in [2.45, 2.75) is 25.8 Å². The lowest BCUT2D eigenvalue weighted by atomic mass is 9.94. The third kappa shape index (κ3) is 2.66. The normalized spacial score (nSPS) is 25.1. The van der Waals surface area contributed by atoms with Crippen LogP contribution in [0.4, 0.5) is 5.69 Å². The van der Waals surface area contributed by atoms with Gasteiger partial charge in [-0.25, -0.2) is 0 Å². The molecule has 0 aliphatic carbocycles. The number of amides is 1. The van der Waals surface area contributed by atoms with Crippen LogP contribution < -0.4 is 20.1 Å². The maximum Gasteiger partial charge on any atom is 0.241 e. The van der Waals surface area contributed by atoms with E-state index in [4.69, 9.17) is 9.47 Å². The zero-order valence-electron chi connectivity index (χ0n) is 10.9. The Kier molecular flexibility index (Phi) is 3.29. The Morgan fingerprint density at radius 3 is 3.05 bits per heavy atom. The van der Waals surface area contributed by atoms with E-state index in [9.17, 15) is 4.79 Å². The van der Waals surface area contributed by atoms with Crippen molar-refractivity contribution in [1.82, 2.24) is 5.32 Å². The van der Waals surface area contributed by atoms with Gasteiger partial charge in [0.2, 0.25) is 12.7 Å². The van der Waals surface area contributed by atoms with Crippen molar-refractivity contribution in [3.8, 4) is 11.5 Å². The van der Waals surface area contributed by atoms with E-state index >= 15 is 0 Å². The second-order valence-electron chi connectivity index (χ2n) is 5.19. The number of rotatable bonds is 2. The van der Waals surface area contributed by atoms with E-state index in [1.807, 2.05) is 12.1 Å². The Labute approximate surface area is 112 Å². The summed E-state index contributed by atoms with van der Waals surface area (Å²) in [4.78, 5) is 12.2. The molecule has 19 heavy (non-hydrogen) atoms. The Bertz CT molecular complexity index is 490. The number of benzene rings is 1. The molecule has 102 valence electrons. The molecule has 5 heteroatoms. The zero-order valence-corrected chi connectivity index (χ0v) is 10.9. The molecule has 0 radical (unpaired) electrons. The molecule has 2 unspecified atom stereocenters. The average molecular weight is 262 g/mol. The Hall–Kier alpha value is -1.75. The number of nitrogens with one attached hydrogen (secondary N) is 2. The molecule has 0 saturated carbocycles. The molecular formula is C14H18N2O3. The summed E-state index contributed by atoms with van der Waals surface area (Å²) in [5, 5.41) is 6.18. The maximum atomic E-state index is 12.2. The molecule has 0 bridgehead atoms. The van der Waals surface area contributed by atoms with Crippen LogP contribution in [0, 0.1) is 5.92 Å². The third-order valence-corrected chi connectivity index (χ3v) is 3.62. The number of hydrogen-bond donors (Lipinski definition) is 2. The highest BCUT2D eigenvalue weighted by Crippen LogP contribution is 2.34. The first-order chi connectivity index (χ1) is 9.22. The van der Waals surface area contributed by atoms with Crippen molar-refractivity contribution in [3.63, 3.8) is 0 Å². The van der Waals surface area contributed by atoms with Gasteiger partial charge in [-0.15, -0.1) is 0 Å². The molecule has 1 aromatic carbocycles. The number of piperidine rings is 1. The van der Waals surface area contributed by atoms with Gasteiger partial charge < -0.3 is 20.1 Å². The van der Waals surface area contributed by atoms with Crippen molar-refractivity contribution < 1.29 is 14.3 Å². The number of ether oxygens (including phenoxy) is 2. The quantitative estimate of drug-likeness (QED) is 0.852. The summed E-state index contributed by atoms with van der Waals surface area (Å²) < 4.78 is 10.5. The fourth-order valence-electron chi connectivity index (χ4n) is 2.51. The van der Waals surface area contributed by atoms with E-state index in [1.54, 1.807) is 6.07 Å². The Morgan fingerprint density at radius 2 is 2.21 bits per heavy atom. The van der Waals surface area contributed by atoms with E-state index in [2.05, 4.69) is 17.6 Å². The van der Waals surface area contributed by atoms with E-state index in [1.165, 1.54) is 0 Å². The molecule has 3 rings (SSSR count). The summed E-state index contributed by atoms with van der Waals surface area (Å²) in [6.07, 6.45) is 2.02. The highest BCUT2D eigenvalue weighted by molar-refractivity contribution is 5.95. The van der Waals surface area contributed by atoms with E-state index in [0.29, 0.717) is 11.7 Å². The minimum absolute atomic E-state index is 0.0189. The standard InChI is InChI=1S/C14H18N2O3/c1-9-4-5-15-11(6-9)14(17)16-10-2-3-12-13(7-10)19-8-18-12/h2-3,7,9,11,15H,4-6,8H2,1H3,(H,16,17). The fraction of sp³-hybridized carbons (Fsp3) is 0.500. The summed E-state index contributed by atoms with van der Waals surface area (Å²) in [7, 11) is 0. The summed E-state index contributed by atoms with van der Waals surface area (Å²) in [5.41, 5.74) is 0.745. The van der Waals surface area contributed by atoms with Crippen LogP contribution in [0.25, 0.3) is 0 Å². The van der Waals surface area contributed by atoms with Gasteiger partial charge in [-0.1, -0.05) is 6.92 Å². The minimum atomic E-state index is -0.103. The second-order valence-corrected chi connectivity index (χ2v) is 5.19. The molecule has 2 N–H and O–H groups in total. The van der Waals surface area contributed by atoms with Crippen LogP contribution in [0.15, 0.2) is 18.2 Å². The fourth-order valence-corrected chi connectivity index (χ4v) is 2.51. The number of fused-ring (bicyclic) bond motifs is 1. The van der Waals surface area contributed by atoms with Crippen LogP contribution in [0.1, 0.15) is 19.8 Å². The van der Waals surface area contributed by atoms with Gasteiger partial charge in [0.25, 0.3) is 0 Å². The van der Waals surface area contributed by atoms with Crippen molar-refractivity contribution in [2.75, 3.05) is 18.7 Å². The van der Waals surface area contributed by atoms with Crippen molar-refractivity contribution in [1.29, 1.82) is 0 Å². The van der Waals surface area contributed by atoms with Crippen LogP contribution in [-0.4, -0.2) is 25.3 Å². The van der Waals surface area contributed by atoms with Gasteiger partial charge in [0.05, 0.1) is 6.04 Å². The van der Waals surface area contributed by atoms with E-state index < -0.39 is 0 Å². The van der Waals surface area contributed by atoms with Gasteiger partial charge in [0.1, 0.15) is 0 Å². The van der Waals surface area contributed by atoms with E-state index in [-0.39, 0.29) is 18.7 Å². The number of anilines is 1. The molecule has 1 amide bonds. The number of carbonyl (C=O) groups is 1. The Morgan fingerprint density at radius 1 is 1.37 bits per heavy atom. The summed E-state index contributed by atoms with van der Waals surface area (Å²) in [6.45, 7) is 3.33. The lowest BCUT2D eigenvalue weighted by Gasteiger charge is -2.27. The summed E-state index contributed by atoms with van der Waals surface area (Å²) in [6, 6.07) is 5.34. The van der Waals surface area contributed by atoms with Gasteiger partial charge in [-0.05, 0) is 37.4 Å². The molecule has 2 heterocycles. The molecule has 2 aliphatic rings. The molecule has 2 aliphatic heterocycles. The van der Waals surface area contributed by atoms with Gasteiger partial charge in [-0.3, -0.25) is 4.79 Å². The first-order valence-electron chi connectivity index (χ1n) is 6.66. The predicted octanol–water partition coefficient (Wildman–Crippen LogP) is 1.74. The van der Waals surface area contributed by atoms with Crippen LogP contribution in [0.2, 0.25) is 0 Å². The first kappa shape index (κ1) is 12.3. The smallest absolute Gasteiger partial charge is 0.241 e. The highest BCUT2D eigenvalue weighted by atomic mass is 16.7. The van der Waals surface area contributed by atoms with Gasteiger partial charge in [0.15, 0.2) is 11.5 Å². The second kappa shape index (κ2) is 5.09. The lowest BCUT2D eigenvalue weighted by molar-refractivity contribution is -0.119. The molecule has 2 atom stereocenters. The zero-order chi connectivity index (χ0) is 13.2. The van der Waals surface area contributed by atoms with Crippen LogP contribution in [0.3, 0.4) is 0 Å². The molecule has 5 nitrogen and oxygen atoms in total. The summed E-state index contributed by atoms with van der Waals surface area (Å²) >= 11 is 0. The first-order valence-corrected chi connectivity index (χ1v) is 6.66. The van der Waals surface area contributed by atoms with Crippen LogP contribution >= 0.6 is 0 Å². The van der Waals surface area contributed by atoms with Crippen molar-refractivity contribution in [2.24, 2.45) is 5.92 Å². The van der Waals surface area contributed by atoms with Crippen LogP contribution in [0.5, 0.6) is 11.5 Å². The van der Waals surface area contributed by atoms with Gasteiger partial charge in [0, 0.05) is 11.8 Å². The van der Waals surface area contributed by atoms with Crippen molar-refractivity contribution in [3.05, 3.63) is 18.2 Å². The molecule has 0 spiro atoms. The molecule has 1 saturated heterocycles. The lowest BCUT2D eigenvalue weighted by Crippen LogP contribution is -2.45. The maximum absolute atomic E-state index is 12.2. The predicted molar refractivity (Wildman–Crippen MR) is 71.4 cm³/mol. The Balaban J connectivity index is 1.66. The number of carbonyl (C=O) groups excluding carboxylic acids is 1. The largest absolute Gasteiger partial charge is 0.454 e. The van der Waals surface area contributed by atoms with Gasteiger partial charge >= 0.3 is 0 Å². The van der Waals surface area contributed by atoms with Gasteiger partial charge in [-0.2, -0.15) is 0 Å². The highest BCUT2D eigenvalue weighted by Gasteiger charge is 2.25. The third-order valence-electron chi connectivity index (χ3n) is 3.62. The molecule has 1 fully saturated rings. The minimum Gasteiger partial charge on any atom is -0.454 e. The number of hydrogen-bond acceptors (Lipinski definition) is 4. The molecular weight excluding hydrogens is 244 g/mol. The monoisotopic (exact) mass is 262 g/mol. The SMILES string of the molecule is CC1CCNC(C(=O)Nc2ccc3c(c2)OCO3)C1. The van der Waals surface area contributed by atoms with Crippen molar-refractivity contribution >= 4 is 11.6 Å². The molecule has 1 aromatic rings. The summed E-state index contributed by atoms with van der Waals surface area (Å²) in [5.74, 6) is 2.02. The van der Waals surface area contributed by atoms with Crippen LogP contribution in [-0.2, 0) is 4.79 Å². The van der Waals surface area contributed by atoms with E-state index in [0.717, 1.165) is 30.8 Å².